The number of Topliss-reactive ketones (excluding diaryl/α,β-unsaturated/α-hetero) is 2. The number of rotatable bonds is 9. The first kappa shape index (κ1) is 23.8. The van der Waals surface area contributed by atoms with Gasteiger partial charge in [-0.15, -0.1) is 0 Å². The molecular weight excluding hydrogens is 466 g/mol. The predicted molar refractivity (Wildman–Crippen MR) is 127 cm³/mol. The second-order valence-electron chi connectivity index (χ2n) is 8.75. The van der Waals surface area contributed by atoms with Crippen molar-refractivity contribution in [2.45, 2.75) is 44.9 Å². The molecule has 4 nitrogen and oxygen atoms in total. The lowest BCUT2D eigenvalue weighted by molar-refractivity contribution is -0.122. The van der Waals surface area contributed by atoms with Gasteiger partial charge in [0.1, 0.15) is 23.8 Å². The highest BCUT2D eigenvalue weighted by Crippen LogP contribution is 2.34. The fourth-order valence-corrected chi connectivity index (χ4v) is 4.74. The molecule has 0 bridgehead atoms. The van der Waals surface area contributed by atoms with E-state index < -0.39 is 5.82 Å². The lowest BCUT2D eigenvalue weighted by atomic mass is 9.78. The Balaban J connectivity index is 1.17. The molecule has 0 atom stereocenters. The molecule has 1 aliphatic rings. The molecule has 174 valence electrons. The van der Waals surface area contributed by atoms with E-state index in [0.717, 1.165) is 37.5 Å². The van der Waals surface area contributed by atoms with Crippen LogP contribution in [-0.2, 0) is 4.79 Å². The van der Waals surface area contributed by atoms with Crippen molar-refractivity contribution in [3.63, 3.8) is 0 Å². The molecule has 0 amide bonds. The summed E-state index contributed by atoms with van der Waals surface area (Å²) < 4.78 is 24.5. The maximum absolute atomic E-state index is 13.5. The normalized spacial score (nSPS) is 18.4. The lowest BCUT2D eigenvalue weighted by Crippen LogP contribution is -2.21. The fourth-order valence-electron chi connectivity index (χ4n) is 4.45. The van der Waals surface area contributed by atoms with Gasteiger partial charge in [0.05, 0.1) is 5.02 Å². The summed E-state index contributed by atoms with van der Waals surface area (Å²) in [5.74, 6) is 0.938. The van der Waals surface area contributed by atoms with Gasteiger partial charge in [0.2, 0.25) is 0 Å². The quantitative estimate of drug-likeness (QED) is 0.288. The molecule has 33 heavy (non-hydrogen) atoms. The summed E-state index contributed by atoms with van der Waals surface area (Å²) in [7, 11) is 0. The largest absolute Gasteiger partial charge is 0.486 e. The van der Waals surface area contributed by atoms with Crippen molar-refractivity contribution in [1.82, 2.24) is 0 Å². The Bertz CT molecular complexity index is 1150. The van der Waals surface area contributed by atoms with Gasteiger partial charge in [-0.3, -0.25) is 9.59 Å². The molecule has 4 rings (SSSR count). The van der Waals surface area contributed by atoms with Crippen LogP contribution in [0.1, 0.15) is 55.5 Å². The summed E-state index contributed by atoms with van der Waals surface area (Å²) in [5, 5.41) is 1.47. The first-order chi connectivity index (χ1) is 15.9. The Kier molecular flexibility index (Phi) is 7.71. The Morgan fingerprint density at radius 2 is 1.76 bits per heavy atom. The van der Waals surface area contributed by atoms with Gasteiger partial charge in [-0.1, -0.05) is 36.0 Å². The van der Waals surface area contributed by atoms with Crippen molar-refractivity contribution in [1.29, 1.82) is 0 Å². The second kappa shape index (κ2) is 10.7. The number of hydrogen-bond acceptors (Lipinski definition) is 4. The molecular formula is C26H25Cl2FO4. The third kappa shape index (κ3) is 6.36. The summed E-state index contributed by atoms with van der Waals surface area (Å²) in [6.07, 6.45) is 5.67. The molecule has 0 radical (unpaired) electrons. The molecule has 1 aliphatic carbocycles. The molecule has 0 spiro atoms. The van der Waals surface area contributed by atoms with Crippen molar-refractivity contribution in [3.05, 3.63) is 64.1 Å². The predicted octanol–water partition coefficient (Wildman–Crippen LogP) is 7.69. The molecule has 3 aromatic rings. The zero-order chi connectivity index (χ0) is 23.4. The van der Waals surface area contributed by atoms with Crippen molar-refractivity contribution >= 4 is 45.7 Å². The third-order valence-electron chi connectivity index (χ3n) is 6.31. The Morgan fingerprint density at radius 1 is 1.00 bits per heavy atom. The van der Waals surface area contributed by atoms with E-state index in [-0.39, 0.29) is 23.2 Å². The Labute approximate surface area is 202 Å². The van der Waals surface area contributed by atoms with E-state index >= 15 is 0 Å². The van der Waals surface area contributed by atoms with Gasteiger partial charge in [-0.25, -0.2) is 4.39 Å². The van der Waals surface area contributed by atoms with Gasteiger partial charge in [-0.2, -0.15) is 0 Å². The van der Waals surface area contributed by atoms with Gasteiger partial charge in [0.15, 0.2) is 17.3 Å². The van der Waals surface area contributed by atoms with Gasteiger partial charge in [0.25, 0.3) is 0 Å². The van der Waals surface area contributed by atoms with Crippen LogP contribution in [-0.4, -0.2) is 18.2 Å². The van der Waals surface area contributed by atoms with Crippen molar-refractivity contribution in [2.75, 3.05) is 6.61 Å². The van der Waals surface area contributed by atoms with Crippen LogP contribution in [0, 0.1) is 17.7 Å². The SMILES string of the molecule is O=C(COc1ccc(Cl)c(F)c1)CC1CCC(CCC(=O)c2cc3cc(Cl)ccc3o2)CC1. The second-order valence-corrected chi connectivity index (χ2v) is 9.59. The minimum absolute atomic E-state index is 0.00831. The van der Waals surface area contributed by atoms with Crippen LogP contribution in [0.15, 0.2) is 46.9 Å². The zero-order valence-corrected chi connectivity index (χ0v) is 19.6. The standard InChI is InChI=1S/C26H25Cl2FO4/c27-19-6-10-25-18(12-19)13-26(33-25)24(31)9-5-16-1-3-17(4-2-16)11-20(30)15-32-21-7-8-22(28)23(29)14-21/h6-8,10,12-14,16-17H,1-5,9,11,15H2. The highest BCUT2D eigenvalue weighted by Gasteiger charge is 2.24. The number of furan rings is 1. The van der Waals surface area contributed by atoms with Crippen LogP contribution >= 0.6 is 23.2 Å². The molecule has 1 heterocycles. The zero-order valence-electron chi connectivity index (χ0n) is 18.1. The average molecular weight is 491 g/mol. The number of halogens is 3. The molecule has 1 aromatic heterocycles. The lowest BCUT2D eigenvalue weighted by Gasteiger charge is -2.28. The van der Waals surface area contributed by atoms with E-state index in [1.807, 2.05) is 0 Å². The van der Waals surface area contributed by atoms with Gasteiger partial charge < -0.3 is 9.15 Å². The van der Waals surface area contributed by atoms with Crippen molar-refractivity contribution in [3.8, 4) is 5.75 Å². The average Bonchev–Trinajstić information content (AvgIpc) is 3.22. The summed E-state index contributed by atoms with van der Waals surface area (Å²) in [6, 6.07) is 11.2. The van der Waals surface area contributed by atoms with Crippen molar-refractivity contribution in [2.24, 2.45) is 11.8 Å². The number of benzene rings is 2. The molecule has 0 unspecified atom stereocenters. The number of ketones is 2. The first-order valence-corrected chi connectivity index (χ1v) is 11.9. The maximum atomic E-state index is 13.5. The molecule has 0 N–H and O–H groups in total. The molecule has 1 fully saturated rings. The number of ether oxygens (including phenoxy) is 1. The number of hydrogen-bond donors (Lipinski definition) is 0. The van der Waals surface area contributed by atoms with E-state index in [0.29, 0.717) is 46.8 Å². The number of fused-ring (bicyclic) bond motifs is 1. The van der Waals surface area contributed by atoms with Crippen LogP contribution < -0.4 is 4.74 Å². The van der Waals surface area contributed by atoms with Gasteiger partial charge in [0, 0.05) is 29.3 Å². The van der Waals surface area contributed by atoms with E-state index in [4.69, 9.17) is 32.4 Å². The highest BCUT2D eigenvalue weighted by molar-refractivity contribution is 6.31. The monoisotopic (exact) mass is 490 g/mol. The Morgan fingerprint density at radius 3 is 2.52 bits per heavy atom. The van der Waals surface area contributed by atoms with E-state index in [2.05, 4.69) is 0 Å². The third-order valence-corrected chi connectivity index (χ3v) is 6.85. The number of carbonyl (C=O) groups is 2. The molecule has 1 saturated carbocycles. The minimum Gasteiger partial charge on any atom is -0.486 e. The van der Waals surface area contributed by atoms with Gasteiger partial charge in [-0.05, 0) is 67.5 Å². The van der Waals surface area contributed by atoms with E-state index in [1.165, 1.54) is 12.1 Å². The smallest absolute Gasteiger partial charge is 0.198 e. The fraction of sp³-hybridized carbons (Fsp3) is 0.385. The van der Waals surface area contributed by atoms with Crippen LogP contribution in [0.5, 0.6) is 5.75 Å². The maximum Gasteiger partial charge on any atom is 0.198 e. The van der Waals surface area contributed by atoms with Crippen molar-refractivity contribution < 1.29 is 23.1 Å². The van der Waals surface area contributed by atoms with Crippen LogP contribution in [0.2, 0.25) is 10.0 Å². The summed E-state index contributed by atoms with van der Waals surface area (Å²) in [5.41, 5.74) is 0.665. The summed E-state index contributed by atoms with van der Waals surface area (Å²) >= 11 is 11.6. The number of carbonyl (C=O) groups excluding carboxylic acids is 2. The highest BCUT2D eigenvalue weighted by atomic mass is 35.5. The van der Waals surface area contributed by atoms with E-state index in [9.17, 15) is 14.0 Å². The van der Waals surface area contributed by atoms with Gasteiger partial charge >= 0.3 is 0 Å². The van der Waals surface area contributed by atoms with E-state index in [1.54, 1.807) is 30.3 Å². The molecule has 0 aliphatic heterocycles. The summed E-state index contributed by atoms with van der Waals surface area (Å²) in [6.45, 7) is -0.0712. The van der Waals surface area contributed by atoms with Crippen LogP contribution in [0.25, 0.3) is 11.0 Å². The topological polar surface area (TPSA) is 56.5 Å². The molecule has 2 aromatic carbocycles. The minimum atomic E-state index is -0.567. The Hall–Kier alpha value is -2.37. The molecule has 0 saturated heterocycles. The summed E-state index contributed by atoms with van der Waals surface area (Å²) in [4.78, 5) is 24.8. The molecule has 7 heteroatoms. The first-order valence-electron chi connectivity index (χ1n) is 11.2. The van der Waals surface area contributed by atoms with Crippen LogP contribution in [0.4, 0.5) is 4.39 Å². The van der Waals surface area contributed by atoms with Crippen LogP contribution in [0.3, 0.4) is 0 Å².